The fourth-order valence-corrected chi connectivity index (χ4v) is 4.23. The normalized spacial score (nSPS) is 11.7. The number of pyridine rings is 2. The number of amides is 1. The average molecular weight is 528 g/mol. The van der Waals surface area contributed by atoms with Gasteiger partial charge >= 0.3 is 6.18 Å². The zero-order chi connectivity index (χ0) is 26.5. The summed E-state index contributed by atoms with van der Waals surface area (Å²) in [6.07, 6.45) is -1.08. The highest BCUT2D eigenvalue weighted by Gasteiger charge is 2.41. The second-order valence-electron chi connectivity index (χ2n) is 8.14. The first-order valence-electron chi connectivity index (χ1n) is 10.8. The van der Waals surface area contributed by atoms with Crippen molar-refractivity contribution >= 4 is 34.0 Å². The molecule has 0 aliphatic carbocycles. The van der Waals surface area contributed by atoms with Crippen LogP contribution in [0.2, 0.25) is 5.02 Å². The van der Waals surface area contributed by atoms with Crippen molar-refractivity contribution in [2.75, 3.05) is 5.32 Å². The molecule has 4 aromatic heterocycles. The van der Waals surface area contributed by atoms with Crippen molar-refractivity contribution in [3.8, 4) is 17.1 Å². The SMILES string of the molecule is Cc1nc(-c2ccn(C)n2)c(Cl)cc1NC(=O)c1cnn(-c2cccc3c(=O)[nH]ccc23)c1C(F)(F)F. The standard InChI is InChI=1S/C24H17ClF3N7O2/c1-12-18(10-16(25)20(31-12)17-7-9-34(2)33-17)32-23(37)15-11-30-35(21(15)24(26,27)28)19-5-3-4-14-13(19)6-8-29-22(14)36/h3-11H,1-2H3,(H,29,36)(H,32,37). The van der Waals surface area contributed by atoms with Crippen molar-refractivity contribution in [2.24, 2.45) is 7.05 Å². The fraction of sp³-hybridized carbons (Fsp3) is 0.125. The number of H-pyrrole nitrogens is 1. The summed E-state index contributed by atoms with van der Waals surface area (Å²) in [6, 6.07) is 8.88. The third-order valence-electron chi connectivity index (χ3n) is 5.67. The van der Waals surface area contributed by atoms with E-state index in [9.17, 15) is 22.8 Å². The number of carbonyl (C=O) groups excluding carboxylic acids is 1. The second-order valence-corrected chi connectivity index (χ2v) is 8.55. The van der Waals surface area contributed by atoms with Crippen LogP contribution in [-0.4, -0.2) is 35.4 Å². The molecule has 1 amide bonds. The van der Waals surface area contributed by atoms with Crippen molar-refractivity contribution < 1.29 is 18.0 Å². The lowest BCUT2D eigenvalue weighted by Gasteiger charge is -2.15. The third-order valence-corrected chi connectivity index (χ3v) is 5.96. The maximum absolute atomic E-state index is 14.2. The molecule has 0 saturated carbocycles. The Balaban J connectivity index is 1.56. The van der Waals surface area contributed by atoms with E-state index in [1.807, 2.05) is 0 Å². The van der Waals surface area contributed by atoms with Crippen molar-refractivity contribution in [1.82, 2.24) is 29.5 Å². The van der Waals surface area contributed by atoms with Crippen LogP contribution in [0.3, 0.4) is 0 Å². The molecular formula is C24H17ClF3N7O2. The topological polar surface area (TPSA) is 110 Å². The first-order valence-corrected chi connectivity index (χ1v) is 11.2. The molecular weight excluding hydrogens is 511 g/mol. The van der Waals surface area contributed by atoms with Crippen molar-refractivity contribution in [3.63, 3.8) is 0 Å². The zero-order valence-corrected chi connectivity index (χ0v) is 20.0. The molecule has 13 heteroatoms. The lowest BCUT2D eigenvalue weighted by molar-refractivity contribution is -0.143. The Morgan fingerprint density at radius 1 is 1.16 bits per heavy atom. The summed E-state index contributed by atoms with van der Waals surface area (Å²) < 4.78 is 44.9. The summed E-state index contributed by atoms with van der Waals surface area (Å²) in [5, 5.41) is 11.1. The molecule has 0 fully saturated rings. The van der Waals surface area contributed by atoms with Gasteiger partial charge in [-0.25, -0.2) is 9.67 Å². The van der Waals surface area contributed by atoms with E-state index in [0.717, 1.165) is 6.20 Å². The minimum absolute atomic E-state index is 0.00409. The highest BCUT2D eigenvalue weighted by molar-refractivity contribution is 6.33. The van der Waals surface area contributed by atoms with Gasteiger partial charge in [0.25, 0.3) is 11.5 Å². The number of hydrogen-bond donors (Lipinski definition) is 2. The lowest BCUT2D eigenvalue weighted by Crippen LogP contribution is -2.21. The van der Waals surface area contributed by atoms with E-state index in [4.69, 9.17) is 11.6 Å². The van der Waals surface area contributed by atoms with Gasteiger partial charge in [-0.3, -0.25) is 14.3 Å². The number of benzene rings is 1. The van der Waals surface area contributed by atoms with Crippen LogP contribution in [0.15, 0.2) is 59.8 Å². The van der Waals surface area contributed by atoms with Crippen LogP contribution in [-0.2, 0) is 13.2 Å². The van der Waals surface area contributed by atoms with Gasteiger partial charge in [0.1, 0.15) is 11.4 Å². The van der Waals surface area contributed by atoms with Crippen LogP contribution in [0.5, 0.6) is 0 Å². The smallest absolute Gasteiger partial charge is 0.329 e. The number of anilines is 1. The summed E-state index contributed by atoms with van der Waals surface area (Å²) in [4.78, 5) is 32.1. The number of fused-ring (bicyclic) bond motifs is 1. The summed E-state index contributed by atoms with van der Waals surface area (Å²) in [5.74, 6) is -1.05. The first-order chi connectivity index (χ1) is 17.5. The van der Waals surface area contributed by atoms with Crippen molar-refractivity contribution in [2.45, 2.75) is 13.1 Å². The number of nitrogens with zero attached hydrogens (tertiary/aromatic N) is 5. The third kappa shape index (κ3) is 4.35. The predicted molar refractivity (Wildman–Crippen MR) is 131 cm³/mol. The quantitative estimate of drug-likeness (QED) is 0.351. The van der Waals surface area contributed by atoms with Gasteiger partial charge in [0.05, 0.1) is 33.9 Å². The van der Waals surface area contributed by atoms with Gasteiger partial charge in [-0.15, -0.1) is 0 Å². The van der Waals surface area contributed by atoms with Gasteiger partial charge in [-0.1, -0.05) is 17.7 Å². The lowest BCUT2D eigenvalue weighted by atomic mass is 10.1. The number of aryl methyl sites for hydroxylation is 2. The molecule has 0 saturated heterocycles. The Kier molecular flexibility index (Phi) is 5.83. The molecule has 0 radical (unpaired) electrons. The molecule has 0 atom stereocenters. The monoisotopic (exact) mass is 527 g/mol. The minimum atomic E-state index is -4.94. The van der Waals surface area contributed by atoms with Crippen LogP contribution in [0.1, 0.15) is 21.7 Å². The Hall–Kier alpha value is -4.45. The Labute approximate surface area is 211 Å². The maximum atomic E-state index is 14.2. The molecule has 5 aromatic rings. The first kappa shape index (κ1) is 24.3. The van der Waals surface area contributed by atoms with Crippen LogP contribution in [0.4, 0.5) is 18.9 Å². The summed E-state index contributed by atoms with van der Waals surface area (Å²) in [6.45, 7) is 1.58. The van der Waals surface area contributed by atoms with Crippen LogP contribution < -0.4 is 10.9 Å². The Morgan fingerprint density at radius 2 is 1.95 bits per heavy atom. The fourth-order valence-electron chi connectivity index (χ4n) is 3.98. The number of aromatic nitrogens is 6. The minimum Gasteiger partial charge on any atom is -0.329 e. The number of halogens is 4. The summed E-state index contributed by atoms with van der Waals surface area (Å²) in [5.41, 5.74) is -1.14. The van der Waals surface area contributed by atoms with Gasteiger partial charge in [0.15, 0.2) is 5.69 Å². The molecule has 0 bridgehead atoms. The van der Waals surface area contributed by atoms with Crippen molar-refractivity contribution in [3.05, 3.63) is 87.3 Å². The molecule has 2 N–H and O–H groups in total. The number of rotatable bonds is 4. The molecule has 1 aromatic carbocycles. The van der Waals surface area contributed by atoms with Crippen molar-refractivity contribution in [1.29, 1.82) is 0 Å². The molecule has 4 heterocycles. The van der Waals surface area contributed by atoms with E-state index >= 15 is 0 Å². The molecule has 9 nitrogen and oxygen atoms in total. The molecule has 0 aliphatic rings. The van der Waals surface area contributed by atoms with Gasteiger partial charge in [0.2, 0.25) is 0 Å². The van der Waals surface area contributed by atoms with E-state index < -0.39 is 28.9 Å². The number of nitrogens with one attached hydrogen (secondary N) is 2. The predicted octanol–water partition coefficient (Wildman–Crippen LogP) is 4.74. The van der Waals surface area contributed by atoms with Gasteiger partial charge < -0.3 is 10.3 Å². The number of alkyl halides is 3. The molecule has 0 aliphatic heterocycles. The summed E-state index contributed by atoms with van der Waals surface area (Å²) >= 11 is 6.34. The molecule has 5 rings (SSSR count). The Morgan fingerprint density at radius 3 is 2.65 bits per heavy atom. The average Bonchev–Trinajstić information content (AvgIpc) is 3.48. The number of carbonyl (C=O) groups is 1. The summed E-state index contributed by atoms with van der Waals surface area (Å²) in [7, 11) is 1.73. The van der Waals surface area contributed by atoms with Gasteiger partial charge in [-0.2, -0.15) is 23.4 Å². The second kappa shape index (κ2) is 8.89. The van der Waals surface area contributed by atoms with E-state index in [0.29, 0.717) is 21.8 Å². The Bertz CT molecular complexity index is 1740. The molecule has 0 unspecified atom stereocenters. The zero-order valence-electron chi connectivity index (χ0n) is 19.3. The molecule has 37 heavy (non-hydrogen) atoms. The van der Waals surface area contributed by atoms with Gasteiger partial charge in [0, 0.05) is 30.2 Å². The van der Waals surface area contributed by atoms with Crippen LogP contribution >= 0.6 is 11.6 Å². The van der Waals surface area contributed by atoms with Gasteiger partial charge in [-0.05, 0) is 37.3 Å². The highest BCUT2D eigenvalue weighted by Crippen LogP contribution is 2.36. The van der Waals surface area contributed by atoms with E-state index in [2.05, 4.69) is 25.5 Å². The molecule has 0 spiro atoms. The largest absolute Gasteiger partial charge is 0.434 e. The van der Waals surface area contributed by atoms with E-state index in [1.165, 1.54) is 36.5 Å². The highest BCUT2D eigenvalue weighted by atomic mass is 35.5. The van der Waals surface area contributed by atoms with Crippen LogP contribution in [0.25, 0.3) is 27.8 Å². The maximum Gasteiger partial charge on any atom is 0.434 e. The number of hydrogen-bond acceptors (Lipinski definition) is 5. The van der Waals surface area contributed by atoms with E-state index in [1.54, 1.807) is 30.9 Å². The molecule has 188 valence electrons. The van der Waals surface area contributed by atoms with Crippen LogP contribution in [0, 0.1) is 6.92 Å². The van der Waals surface area contributed by atoms with E-state index in [-0.39, 0.29) is 27.2 Å². The number of aromatic amines is 1.